The van der Waals surface area contributed by atoms with Gasteiger partial charge in [-0.2, -0.15) is 0 Å². The van der Waals surface area contributed by atoms with Gasteiger partial charge in [0.2, 0.25) is 0 Å². The predicted octanol–water partition coefficient (Wildman–Crippen LogP) is 3.43. The second kappa shape index (κ2) is 6.54. The van der Waals surface area contributed by atoms with Crippen molar-refractivity contribution in [1.29, 1.82) is 0 Å². The molecule has 0 spiro atoms. The van der Waals surface area contributed by atoms with Crippen LogP contribution in [0.2, 0.25) is 0 Å². The molecule has 2 atom stereocenters. The number of amides is 1. The summed E-state index contributed by atoms with van der Waals surface area (Å²) in [6, 6.07) is 11.6. The number of aliphatic hydroxyl groups is 1. The fourth-order valence-corrected chi connectivity index (χ4v) is 3.68. The molecule has 2 N–H and O–H groups in total. The quantitative estimate of drug-likeness (QED) is 0.892. The van der Waals surface area contributed by atoms with Gasteiger partial charge in [0.15, 0.2) is 0 Å². The second-order valence-electron chi connectivity index (χ2n) is 6.98. The summed E-state index contributed by atoms with van der Waals surface area (Å²) in [4.78, 5) is 12.3. The summed E-state index contributed by atoms with van der Waals surface area (Å²) in [7, 11) is 0. The van der Waals surface area contributed by atoms with Gasteiger partial charge in [0.1, 0.15) is 11.4 Å². The summed E-state index contributed by atoms with van der Waals surface area (Å²) in [5.41, 5.74) is 2.72. The van der Waals surface area contributed by atoms with Gasteiger partial charge < -0.3 is 10.4 Å². The third-order valence-electron chi connectivity index (χ3n) is 5.13. The van der Waals surface area contributed by atoms with Gasteiger partial charge in [0.05, 0.1) is 0 Å². The van der Waals surface area contributed by atoms with Gasteiger partial charge >= 0.3 is 0 Å². The average molecular weight is 349 g/mol. The summed E-state index contributed by atoms with van der Waals surface area (Å²) in [5, 5.41) is 13.8. The lowest BCUT2D eigenvalue weighted by Crippen LogP contribution is -2.35. The first-order valence-electron chi connectivity index (χ1n) is 8.79. The Morgan fingerprint density at radius 2 is 1.85 bits per heavy atom. The Morgan fingerprint density at radius 1 is 1.08 bits per heavy atom. The van der Waals surface area contributed by atoms with E-state index in [0.29, 0.717) is 12.0 Å². The summed E-state index contributed by atoms with van der Waals surface area (Å²) in [6.45, 7) is 0. The first-order chi connectivity index (χ1) is 12.5. The van der Waals surface area contributed by atoms with Gasteiger partial charge in [0, 0.05) is 18.0 Å². The molecule has 0 aromatic heterocycles. The first kappa shape index (κ1) is 16.7. The lowest BCUT2D eigenvalue weighted by Gasteiger charge is -2.26. The summed E-state index contributed by atoms with van der Waals surface area (Å²) in [6.07, 6.45) is 9.62. The van der Waals surface area contributed by atoms with Crippen LogP contribution in [0.15, 0.2) is 66.8 Å². The Bertz CT molecular complexity index is 901. The summed E-state index contributed by atoms with van der Waals surface area (Å²) in [5.74, 6) is -0.547. The van der Waals surface area contributed by atoms with E-state index in [0.717, 1.165) is 24.0 Å². The zero-order chi connectivity index (χ0) is 18.1. The number of nitrogens with one attached hydrogen (secondary N) is 1. The molecule has 3 nitrogen and oxygen atoms in total. The van der Waals surface area contributed by atoms with Crippen LogP contribution in [0.3, 0.4) is 0 Å². The molecule has 4 rings (SSSR count). The highest BCUT2D eigenvalue weighted by atomic mass is 19.1. The molecule has 2 aromatic carbocycles. The third kappa shape index (κ3) is 3.20. The van der Waals surface area contributed by atoms with Crippen molar-refractivity contribution in [3.63, 3.8) is 0 Å². The number of halogens is 1. The maximum absolute atomic E-state index is 13.0. The number of rotatable bonds is 3. The Hall–Kier alpha value is -2.72. The molecule has 2 unspecified atom stereocenters. The third-order valence-corrected chi connectivity index (χ3v) is 5.13. The van der Waals surface area contributed by atoms with E-state index < -0.39 is 5.60 Å². The van der Waals surface area contributed by atoms with Gasteiger partial charge in [-0.15, -0.1) is 0 Å². The molecule has 4 heteroatoms. The maximum Gasteiger partial charge on any atom is 0.251 e. The largest absolute Gasteiger partial charge is 0.381 e. The van der Waals surface area contributed by atoms with E-state index in [9.17, 15) is 14.3 Å². The molecule has 2 aliphatic carbocycles. The Balaban J connectivity index is 1.47. The van der Waals surface area contributed by atoms with Crippen LogP contribution in [0.4, 0.5) is 4.39 Å². The zero-order valence-electron chi connectivity index (χ0n) is 14.3. The predicted molar refractivity (Wildman–Crippen MR) is 98.3 cm³/mol. The van der Waals surface area contributed by atoms with Crippen LogP contribution in [0.1, 0.15) is 33.5 Å². The molecular weight excluding hydrogens is 329 g/mol. The Kier molecular flexibility index (Phi) is 4.21. The van der Waals surface area contributed by atoms with Crippen LogP contribution in [-0.2, 0) is 18.4 Å². The van der Waals surface area contributed by atoms with Crippen LogP contribution in [0, 0.1) is 5.82 Å². The fourth-order valence-electron chi connectivity index (χ4n) is 3.68. The van der Waals surface area contributed by atoms with Crippen molar-refractivity contribution in [2.75, 3.05) is 0 Å². The minimum absolute atomic E-state index is 0.00856. The average Bonchev–Trinajstić information content (AvgIpc) is 3.04. The van der Waals surface area contributed by atoms with E-state index in [-0.39, 0.29) is 17.8 Å². The number of fused-ring (bicyclic) bond motifs is 1. The molecule has 0 heterocycles. The van der Waals surface area contributed by atoms with Crippen molar-refractivity contribution in [2.24, 2.45) is 0 Å². The molecule has 0 saturated carbocycles. The number of benzene rings is 2. The number of hydrogen-bond acceptors (Lipinski definition) is 2. The normalized spacial score (nSPS) is 23.7. The molecule has 0 radical (unpaired) electrons. The summed E-state index contributed by atoms with van der Waals surface area (Å²) < 4.78 is 13.0. The van der Waals surface area contributed by atoms with Gasteiger partial charge in [-0.25, -0.2) is 4.39 Å². The molecule has 0 saturated heterocycles. The topological polar surface area (TPSA) is 49.3 Å². The lowest BCUT2D eigenvalue weighted by atomic mass is 9.86. The van der Waals surface area contributed by atoms with E-state index in [1.165, 1.54) is 29.8 Å². The Morgan fingerprint density at radius 3 is 2.58 bits per heavy atom. The van der Waals surface area contributed by atoms with Gasteiger partial charge in [-0.1, -0.05) is 36.4 Å². The standard InChI is InChI=1S/C22H20FNO2/c23-19-8-5-15(6-9-19)21(25)24-20-13-16-4-7-18(12-17(16)14-20)22(26)10-2-1-3-11-22/h1-10,12,20,26H,11,13-14H2,(H,24,25). The highest BCUT2D eigenvalue weighted by Gasteiger charge is 2.29. The SMILES string of the molecule is O=C(NC1Cc2ccc(C3(O)C=CC=CC3)cc2C1)c1ccc(F)cc1. The van der Waals surface area contributed by atoms with Crippen molar-refractivity contribution in [3.8, 4) is 0 Å². The molecule has 2 aliphatic rings. The monoisotopic (exact) mass is 349 g/mol. The van der Waals surface area contributed by atoms with Crippen molar-refractivity contribution in [3.05, 3.63) is 94.8 Å². The lowest BCUT2D eigenvalue weighted by molar-refractivity contribution is 0.0913. The molecular formula is C22H20FNO2. The van der Waals surface area contributed by atoms with Crippen LogP contribution < -0.4 is 5.32 Å². The highest BCUT2D eigenvalue weighted by Crippen LogP contribution is 2.33. The minimum Gasteiger partial charge on any atom is -0.381 e. The summed E-state index contributed by atoms with van der Waals surface area (Å²) >= 11 is 0. The Labute approximate surface area is 151 Å². The van der Waals surface area contributed by atoms with Gasteiger partial charge in [-0.05, 0) is 59.9 Å². The molecule has 0 fully saturated rings. The van der Waals surface area contributed by atoms with Crippen molar-refractivity contribution in [1.82, 2.24) is 5.32 Å². The van der Waals surface area contributed by atoms with Crippen LogP contribution in [-0.4, -0.2) is 17.1 Å². The van der Waals surface area contributed by atoms with E-state index in [2.05, 4.69) is 5.32 Å². The van der Waals surface area contributed by atoms with Crippen molar-refractivity contribution in [2.45, 2.75) is 30.9 Å². The number of hydrogen-bond donors (Lipinski definition) is 2. The van der Waals surface area contributed by atoms with E-state index >= 15 is 0 Å². The molecule has 0 bridgehead atoms. The molecule has 26 heavy (non-hydrogen) atoms. The van der Waals surface area contributed by atoms with E-state index in [1.54, 1.807) is 0 Å². The van der Waals surface area contributed by atoms with Crippen LogP contribution in [0.5, 0.6) is 0 Å². The van der Waals surface area contributed by atoms with Gasteiger partial charge in [-0.3, -0.25) is 4.79 Å². The van der Waals surface area contributed by atoms with Crippen molar-refractivity contribution >= 4 is 5.91 Å². The number of allylic oxidation sites excluding steroid dienone is 2. The maximum atomic E-state index is 13.0. The van der Waals surface area contributed by atoms with Gasteiger partial charge in [0.25, 0.3) is 5.91 Å². The fraction of sp³-hybridized carbons (Fsp3) is 0.227. The highest BCUT2D eigenvalue weighted by molar-refractivity contribution is 5.94. The van der Waals surface area contributed by atoms with Crippen LogP contribution in [0.25, 0.3) is 0 Å². The zero-order valence-corrected chi connectivity index (χ0v) is 14.3. The van der Waals surface area contributed by atoms with Crippen LogP contribution >= 0.6 is 0 Å². The van der Waals surface area contributed by atoms with E-state index in [4.69, 9.17) is 0 Å². The van der Waals surface area contributed by atoms with E-state index in [1.807, 2.05) is 42.5 Å². The molecule has 1 amide bonds. The molecule has 0 aliphatic heterocycles. The number of carbonyl (C=O) groups is 1. The first-order valence-corrected chi connectivity index (χ1v) is 8.79. The molecule has 132 valence electrons. The minimum atomic E-state index is -0.959. The smallest absolute Gasteiger partial charge is 0.251 e. The second-order valence-corrected chi connectivity index (χ2v) is 6.98. The number of carbonyl (C=O) groups excluding carboxylic acids is 1. The molecule has 2 aromatic rings. The van der Waals surface area contributed by atoms with Crippen molar-refractivity contribution < 1.29 is 14.3 Å².